The molecule has 4 rings (SSSR count). The van der Waals surface area contributed by atoms with E-state index in [4.69, 9.17) is 11.6 Å². The molecule has 1 aliphatic heterocycles. The van der Waals surface area contributed by atoms with E-state index in [1.807, 2.05) is 30.5 Å². The van der Waals surface area contributed by atoms with E-state index in [0.29, 0.717) is 6.42 Å². The van der Waals surface area contributed by atoms with Crippen LogP contribution in [-0.4, -0.2) is 48.8 Å². The number of rotatable bonds is 6. The molecule has 2 aromatic carbocycles. The van der Waals surface area contributed by atoms with Gasteiger partial charge in [0.2, 0.25) is 5.91 Å². The van der Waals surface area contributed by atoms with Crippen molar-refractivity contribution in [3.63, 3.8) is 0 Å². The van der Waals surface area contributed by atoms with Gasteiger partial charge in [-0.05, 0) is 30.2 Å². The number of hydrogen-bond donors (Lipinski definition) is 3. The number of H-pyrrole nitrogens is 1. The molecule has 1 aromatic heterocycles. The Labute approximate surface area is 185 Å². The van der Waals surface area contributed by atoms with Crippen LogP contribution in [0.25, 0.3) is 10.9 Å². The third kappa shape index (κ3) is 4.91. The summed E-state index contributed by atoms with van der Waals surface area (Å²) in [5.74, 6) is -0.925. The van der Waals surface area contributed by atoms with Crippen LogP contribution in [0.15, 0.2) is 54.7 Å². The van der Waals surface area contributed by atoms with E-state index in [0.717, 1.165) is 16.5 Å². The van der Waals surface area contributed by atoms with Crippen LogP contribution in [-0.2, 0) is 21.1 Å². The number of aromatic nitrogens is 1. The predicted molar refractivity (Wildman–Crippen MR) is 120 cm³/mol. The molecule has 0 spiro atoms. The van der Waals surface area contributed by atoms with Gasteiger partial charge in [-0.2, -0.15) is 0 Å². The first kappa shape index (κ1) is 21.4. The van der Waals surface area contributed by atoms with Crippen molar-refractivity contribution in [2.75, 3.05) is 11.5 Å². The minimum absolute atomic E-state index is 0.0526. The molecule has 3 aromatic rings. The molecule has 1 aliphatic rings. The number of nitrogens with one attached hydrogen (secondary N) is 3. The van der Waals surface area contributed by atoms with E-state index in [-0.39, 0.29) is 28.5 Å². The second-order valence-electron chi connectivity index (χ2n) is 7.68. The molecule has 162 valence electrons. The van der Waals surface area contributed by atoms with Crippen LogP contribution in [0.3, 0.4) is 0 Å². The fourth-order valence-electron chi connectivity index (χ4n) is 3.82. The van der Waals surface area contributed by atoms with Gasteiger partial charge in [0.1, 0.15) is 6.04 Å². The van der Waals surface area contributed by atoms with Gasteiger partial charge in [-0.1, -0.05) is 41.9 Å². The molecule has 2 heterocycles. The van der Waals surface area contributed by atoms with E-state index < -0.39 is 33.7 Å². The van der Waals surface area contributed by atoms with E-state index >= 15 is 0 Å². The van der Waals surface area contributed by atoms with Gasteiger partial charge in [0.15, 0.2) is 9.84 Å². The number of fused-ring (bicyclic) bond motifs is 1. The second kappa shape index (κ2) is 8.72. The summed E-state index contributed by atoms with van der Waals surface area (Å²) < 4.78 is 23.5. The monoisotopic (exact) mass is 459 g/mol. The lowest BCUT2D eigenvalue weighted by molar-refractivity contribution is -0.123. The lowest BCUT2D eigenvalue weighted by Crippen LogP contribution is -2.51. The Morgan fingerprint density at radius 2 is 1.87 bits per heavy atom. The van der Waals surface area contributed by atoms with Gasteiger partial charge < -0.3 is 15.6 Å². The highest BCUT2D eigenvalue weighted by atomic mass is 35.5. The van der Waals surface area contributed by atoms with Crippen molar-refractivity contribution in [3.05, 3.63) is 70.9 Å². The summed E-state index contributed by atoms with van der Waals surface area (Å²) in [5, 5.41) is 6.80. The van der Waals surface area contributed by atoms with Crippen LogP contribution in [0.1, 0.15) is 22.3 Å². The lowest BCUT2D eigenvalue weighted by atomic mass is 10.0. The number of carbonyl (C=O) groups is 2. The number of carbonyl (C=O) groups excluding carboxylic acids is 2. The van der Waals surface area contributed by atoms with Crippen molar-refractivity contribution in [3.8, 4) is 0 Å². The lowest BCUT2D eigenvalue weighted by Gasteiger charge is -2.21. The first-order valence-electron chi connectivity index (χ1n) is 9.93. The SMILES string of the molecule is O=C(N[C@@H](Cc1c[nH]c2ccccc12)C(=O)N[C@@H]1CCS(=O)(=O)C1)c1ccccc1Cl. The molecule has 7 nitrogen and oxygen atoms in total. The Hall–Kier alpha value is -2.84. The summed E-state index contributed by atoms with van der Waals surface area (Å²) >= 11 is 6.14. The molecular formula is C22H22ClN3O4S. The third-order valence-corrected chi connectivity index (χ3v) is 7.52. The van der Waals surface area contributed by atoms with Crippen molar-refractivity contribution >= 4 is 44.2 Å². The topological polar surface area (TPSA) is 108 Å². The maximum atomic E-state index is 13.1. The van der Waals surface area contributed by atoms with Crippen molar-refractivity contribution in [2.24, 2.45) is 0 Å². The summed E-state index contributed by atoms with van der Waals surface area (Å²) in [6.45, 7) is 0. The van der Waals surface area contributed by atoms with Gasteiger partial charge in [-0.15, -0.1) is 0 Å². The minimum atomic E-state index is -3.14. The van der Waals surface area contributed by atoms with Gasteiger partial charge in [-0.25, -0.2) is 8.42 Å². The number of amides is 2. The molecule has 3 N–H and O–H groups in total. The van der Waals surface area contributed by atoms with E-state index in [1.165, 1.54) is 0 Å². The molecule has 2 atom stereocenters. The zero-order valence-corrected chi connectivity index (χ0v) is 18.2. The quantitative estimate of drug-likeness (QED) is 0.526. The predicted octanol–water partition coefficient (Wildman–Crippen LogP) is 2.47. The summed E-state index contributed by atoms with van der Waals surface area (Å²) in [6.07, 6.45) is 2.42. The van der Waals surface area contributed by atoms with Crippen LogP contribution in [0.2, 0.25) is 5.02 Å². The minimum Gasteiger partial charge on any atom is -0.361 e. The highest BCUT2D eigenvalue weighted by Gasteiger charge is 2.32. The molecule has 31 heavy (non-hydrogen) atoms. The Balaban J connectivity index is 1.57. The van der Waals surface area contributed by atoms with Crippen LogP contribution < -0.4 is 10.6 Å². The maximum Gasteiger partial charge on any atom is 0.253 e. The highest BCUT2D eigenvalue weighted by Crippen LogP contribution is 2.20. The standard InChI is InChI=1S/C22H22ClN3O4S/c23-18-7-3-1-6-17(18)21(27)26-20(22(28)25-15-9-10-31(29,30)13-15)11-14-12-24-19-8-4-2-5-16(14)19/h1-8,12,15,20,24H,9-11,13H2,(H,25,28)(H,26,27)/t15-,20+/m1/s1. The van der Waals surface area contributed by atoms with Crippen LogP contribution in [0, 0.1) is 0 Å². The van der Waals surface area contributed by atoms with Crippen molar-refractivity contribution in [1.29, 1.82) is 0 Å². The largest absolute Gasteiger partial charge is 0.361 e. The Morgan fingerprint density at radius 1 is 1.13 bits per heavy atom. The maximum absolute atomic E-state index is 13.1. The van der Waals surface area contributed by atoms with Gasteiger partial charge in [0, 0.05) is 29.6 Å². The van der Waals surface area contributed by atoms with Gasteiger partial charge in [0.05, 0.1) is 22.1 Å². The fourth-order valence-corrected chi connectivity index (χ4v) is 5.72. The Morgan fingerprint density at radius 3 is 2.61 bits per heavy atom. The molecule has 0 bridgehead atoms. The van der Waals surface area contributed by atoms with Crippen LogP contribution in [0.4, 0.5) is 0 Å². The molecule has 1 fully saturated rings. The zero-order chi connectivity index (χ0) is 22.0. The molecule has 0 saturated carbocycles. The number of hydrogen-bond acceptors (Lipinski definition) is 4. The normalized spacial score (nSPS) is 18.5. The number of sulfone groups is 1. The first-order valence-corrected chi connectivity index (χ1v) is 12.1. The second-order valence-corrected chi connectivity index (χ2v) is 10.3. The smallest absolute Gasteiger partial charge is 0.253 e. The van der Waals surface area contributed by atoms with Crippen LogP contribution in [0.5, 0.6) is 0 Å². The molecule has 1 saturated heterocycles. The van der Waals surface area contributed by atoms with E-state index in [9.17, 15) is 18.0 Å². The fraction of sp³-hybridized carbons (Fsp3) is 0.273. The van der Waals surface area contributed by atoms with Gasteiger partial charge in [0.25, 0.3) is 5.91 Å². The van der Waals surface area contributed by atoms with Crippen LogP contribution >= 0.6 is 11.6 Å². The molecule has 9 heteroatoms. The van der Waals surface area contributed by atoms with Gasteiger partial charge >= 0.3 is 0 Å². The Bertz CT molecular complexity index is 1240. The van der Waals surface area contributed by atoms with E-state index in [1.54, 1.807) is 24.3 Å². The Kier molecular flexibility index (Phi) is 6.02. The summed E-state index contributed by atoms with van der Waals surface area (Å²) in [5.41, 5.74) is 2.06. The average Bonchev–Trinajstić information content (AvgIpc) is 3.30. The molecular weight excluding hydrogens is 438 g/mol. The summed E-state index contributed by atoms with van der Waals surface area (Å²) in [7, 11) is -3.14. The molecule has 0 unspecified atom stereocenters. The highest BCUT2D eigenvalue weighted by molar-refractivity contribution is 7.91. The summed E-state index contributed by atoms with van der Waals surface area (Å²) in [4.78, 5) is 29.1. The van der Waals surface area contributed by atoms with Crippen molar-refractivity contribution < 1.29 is 18.0 Å². The third-order valence-electron chi connectivity index (χ3n) is 5.42. The average molecular weight is 460 g/mol. The molecule has 0 radical (unpaired) electrons. The van der Waals surface area contributed by atoms with Crippen molar-refractivity contribution in [1.82, 2.24) is 15.6 Å². The van der Waals surface area contributed by atoms with Crippen molar-refractivity contribution in [2.45, 2.75) is 24.9 Å². The number of halogens is 1. The molecule has 0 aliphatic carbocycles. The zero-order valence-electron chi connectivity index (χ0n) is 16.6. The number of benzene rings is 2. The summed E-state index contributed by atoms with van der Waals surface area (Å²) in [6, 6.07) is 12.9. The molecule has 2 amide bonds. The van der Waals surface area contributed by atoms with E-state index in [2.05, 4.69) is 15.6 Å². The number of aromatic amines is 1. The number of para-hydroxylation sites is 1. The van der Waals surface area contributed by atoms with Gasteiger partial charge in [-0.3, -0.25) is 9.59 Å². The first-order chi connectivity index (χ1) is 14.8.